The molecule has 3 heterocycles. The Morgan fingerprint density at radius 3 is 2.65 bits per heavy atom. The van der Waals surface area contributed by atoms with Crippen molar-refractivity contribution < 1.29 is 8.78 Å². The first-order chi connectivity index (χ1) is 12.3. The monoisotopic (exact) mass is 356 g/mol. The zero-order valence-corrected chi connectivity index (χ0v) is 14.6. The van der Waals surface area contributed by atoms with Crippen LogP contribution in [0.2, 0.25) is 0 Å². The highest BCUT2D eigenvalue weighted by Crippen LogP contribution is 2.28. The van der Waals surface area contributed by atoms with Gasteiger partial charge in [0.15, 0.2) is 5.82 Å². The molecular weight excluding hydrogens is 338 g/mol. The maximum absolute atomic E-state index is 12.9. The van der Waals surface area contributed by atoms with Gasteiger partial charge in [-0.2, -0.15) is 19.0 Å². The summed E-state index contributed by atoms with van der Waals surface area (Å²) in [5.74, 6) is 0.649. The number of aromatic nitrogens is 5. The van der Waals surface area contributed by atoms with E-state index >= 15 is 0 Å². The maximum Gasteiger partial charge on any atom is 0.333 e. The topological polar surface area (TPSA) is 60.0 Å². The lowest BCUT2D eigenvalue weighted by Gasteiger charge is -2.13. The predicted molar refractivity (Wildman–Crippen MR) is 96.0 cm³/mol. The highest BCUT2D eigenvalue weighted by Gasteiger charge is 2.19. The third kappa shape index (κ3) is 2.77. The standard InChI is InChI=1S/C18H18F2N6/c1-18(2,3)15-9-14-16(21-6-7-25(14)24-15)23-12-4-5-13-11(8-12)10-22-26(13)17(19)20/h4-10,17H,1-3H3,(H,21,23). The van der Waals surface area contributed by atoms with Crippen molar-refractivity contribution in [2.75, 3.05) is 5.32 Å². The van der Waals surface area contributed by atoms with Crippen LogP contribution in [0.4, 0.5) is 20.3 Å². The summed E-state index contributed by atoms with van der Waals surface area (Å²) in [5, 5.41) is 12.2. The summed E-state index contributed by atoms with van der Waals surface area (Å²) in [6.07, 6.45) is 4.89. The Morgan fingerprint density at radius 2 is 1.92 bits per heavy atom. The Morgan fingerprint density at radius 1 is 1.12 bits per heavy atom. The number of nitrogens with one attached hydrogen (secondary N) is 1. The number of hydrogen-bond donors (Lipinski definition) is 1. The van der Waals surface area contributed by atoms with Gasteiger partial charge in [0.1, 0.15) is 5.52 Å². The van der Waals surface area contributed by atoms with Crippen molar-refractivity contribution >= 4 is 27.9 Å². The Balaban J connectivity index is 1.73. The quantitative estimate of drug-likeness (QED) is 0.586. The average molecular weight is 356 g/mol. The molecule has 26 heavy (non-hydrogen) atoms. The van der Waals surface area contributed by atoms with Crippen molar-refractivity contribution in [2.24, 2.45) is 0 Å². The fourth-order valence-corrected chi connectivity index (χ4v) is 2.81. The van der Waals surface area contributed by atoms with Gasteiger partial charge in [-0.25, -0.2) is 14.2 Å². The van der Waals surface area contributed by atoms with Crippen molar-refractivity contribution in [3.05, 3.63) is 48.5 Å². The summed E-state index contributed by atoms with van der Waals surface area (Å²) >= 11 is 0. The van der Waals surface area contributed by atoms with E-state index in [-0.39, 0.29) is 5.41 Å². The lowest BCUT2D eigenvalue weighted by Crippen LogP contribution is -2.11. The Labute approximate surface area is 148 Å². The average Bonchev–Trinajstić information content (AvgIpc) is 3.18. The summed E-state index contributed by atoms with van der Waals surface area (Å²) in [4.78, 5) is 4.40. The molecule has 0 unspecified atom stereocenters. The van der Waals surface area contributed by atoms with E-state index in [9.17, 15) is 8.78 Å². The maximum atomic E-state index is 12.9. The molecule has 0 bridgehead atoms. The van der Waals surface area contributed by atoms with Gasteiger partial charge in [-0.15, -0.1) is 0 Å². The number of alkyl halides is 2. The van der Waals surface area contributed by atoms with E-state index in [1.165, 1.54) is 6.20 Å². The van der Waals surface area contributed by atoms with Crippen LogP contribution >= 0.6 is 0 Å². The van der Waals surface area contributed by atoms with Crippen LogP contribution in [0.15, 0.2) is 42.9 Å². The van der Waals surface area contributed by atoms with Crippen LogP contribution in [0.1, 0.15) is 33.0 Å². The Kier molecular flexibility index (Phi) is 3.64. The van der Waals surface area contributed by atoms with Gasteiger partial charge in [0.25, 0.3) is 0 Å². The molecule has 0 saturated heterocycles. The minimum absolute atomic E-state index is 0.0773. The first-order valence-corrected chi connectivity index (χ1v) is 8.20. The smallest absolute Gasteiger partial charge is 0.333 e. The number of halogens is 2. The Hall–Kier alpha value is -3.03. The van der Waals surface area contributed by atoms with E-state index in [1.807, 2.05) is 6.07 Å². The van der Waals surface area contributed by atoms with Gasteiger partial charge in [-0.1, -0.05) is 20.8 Å². The van der Waals surface area contributed by atoms with Crippen molar-refractivity contribution in [2.45, 2.75) is 32.7 Å². The van der Waals surface area contributed by atoms with E-state index in [4.69, 9.17) is 0 Å². The number of fused-ring (bicyclic) bond motifs is 2. The minimum atomic E-state index is -2.66. The van der Waals surface area contributed by atoms with Crippen LogP contribution in [-0.2, 0) is 5.41 Å². The third-order valence-electron chi connectivity index (χ3n) is 4.20. The normalized spacial score (nSPS) is 12.4. The number of benzene rings is 1. The first-order valence-electron chi connectivity index (χ1n) is 8.20. The highest BCUT2D eigenvalue weighted by molar-refractivity contribution is 5.84. The van der Waals surface area contributed by atoms with Crippen molar-refractivity contribution in [1.82, 2.24) is 24.4 Å². The molecule has 0 aliphatic heterocycles. The Bertz CT molecular complexity index is 1090. The number of hydrogen-bond acceptors (Lipinski definition) is 4. The van der Waals surface area contributed by atoms with E-state index in [2.05, 4.69) is 41.3 Å². The summed E-state index contributed by atoms with van der Waals surface area (Å²) in [6.45, 7) is 3.64. The zero-order valence-electron chi connectivity index (χ0n) is 14.6. The van der Waals surface area contributed by atoms with Gasteiger partial charge in [0.05, 0.1) is 17.4 Å². The second-order valence-corrected chi connectivity index (χ2v) is 7.15. The molecule has 4 rings (SSSR count). The first kappa shape index (κ1) is 16.4. The van der Waals surface area contributed by atoms with Gasteiger partial charge < -0.3 is 5.32 Å². The minimum Gasteiger partial charge on any atom is -0.338 e. The van der Waals surface area contributed by atoms with E-state index in [1.54, 1.807) is 35.1 Å². The number of rotatable bonds is 3. The van der Waals surface area contributed by atoms with Crippen LogP contribution in [-0.4, -0.2) is 24.4 Å². The zero-order chi connectivity index (χ0) is 18.5. The second-order valence-electron chi connectivity index (χ2n) is 7.15. The molecule has 0 spiro atoms. The number of nitrogens with zero attached hydrogens (tertiary/aromatic N) is 5. The molecule has 6 nitrogen and oxygen atoms in total. The largest absolute Gasteiger partial charge is 0.338 e. The molecule has 4 aromatic rings. The lowest BCUT2D eigenvalue weighted by atomic mass is 9.92. The number of anilines is 2. The summed E-state index contributed by atoms with van der Waals surface area (Å²) in [5.41, 5.74) is 2.86. The molecule has 3 aromatic heterocycles. The molecule has 0 amide bonds. The van der Waals surface area contributed by atoms with E-state index < -0.39 is 6.55 Å². The second kappa shape index (κ2) is 5.76. The highest BCUT2D eigenvalue weighted by atomic mass is 19.3. The van der Waals surface area contributed by atoms with Crippen LogP contribution in [0.25, 0.3) is 16.4 Å². The van der Waals surface area contributed by atoms with Gasteiger partial charge in [-0.3, -0.25) is 0 Å². The predicted octanol–water partition coefficient (Wildman–Crippen LogP) is 4.52. The van der Waals surface area contributed by atoms with E-state index in [0.717, 1.165) is 16.9 Å². The van der Waals surface area contributed by atoms with Crippen molar-refractivity contribution in [3.63, 3.8) is 0 Å². The van der Waals surface area contributed by atoms with Gasteiger partial charge in [0, 0.05) is 28.9 Å². The molecule has 0 aliphatic carbocycles. The van der Waals surface area contributed by atoms with Crippen molar-refractivity contribution in [3.8, 4) is 0 Å². The molecule has 134 valence electrons. The fraction of sp³-hybridized carbons (Fsp3) is 0.278. The van der Waals surface area contributed by atoms with Crippen LogP contribution in [0.5, 0.6) is 0 Å². The molecule has 0 radical (unpaired) electrons. The molecule has 0 saturated carbocycles. The van der Waals surface area contributed by atoms with Crippen LogP contribution < -0.4 is 5.32 Å². The molecular formula is C18H18F2N6. The lowest BCUT2D eigenvalue weighted by molar-refractivity contribution is 0.0615. The molecule has 1 aromatic carbocycles. The molecule has 0 aliphatic rings. The summed E-state index contributed by atoms with van der Waals surface area (Å²) in [6, 6.07) is 7.12. The van der Waals surface area contributed by atoms with Gasteiger partial charge in [0.2, 0.25) is 0 Å². The SMILES string of the molecule is CC(C)(C)c1cc2c(Nc3ccc4c(cnn4C(F)F)c3)nccn2n1. The van der Waals surface area contributed by atoms with Crippen LogP contribution in [0, 0.1) is 0 Å². The molecule has 8 heteroatoms. The van der Waals surface area contributed by atoms with E-state index in [0.29, 0.717) is 21.4 Å². The fourth-order valence-electron chi connectivity index (χ4n) is 2.81. The summed E-state index contributed by atoms with van der Waals surface area (Å²) in [7, 11) is 0. The van der Waals surface area contributed by atoms with Gasteiger partial charge >= 0.3 is 6.55 Å². The molecule has 0 atom stereocenters. The summed E-state index contributed by atoms with van der Waals surface area (Å²) < 4.78 is 28.3. The third-order valence-corrected chi connectivity index (χ3v) is 4.20. The van der Waals surface area contributed by atoms with Crippen LogP contribution in [0.3, 0.4) is 0 Å². The molecule has 0 fully saturated rings. The molecule has 1 N–H and O–H groups in total. The van der Waals surface area contributed by atoms with Crippen molar-refractivity contribution in [1.29, 1.82) is 0 Å². The van der Waals surface area contributed by atoms with Gasteiger partial charge in [-0.05, 0) is 24.3 Å².